The summed E-state index contributed by atoms with van der Waals surface area (Å²) in [5, 5.41) is 14.8. The first-order valence-corrected chi connectivity index (χ1v) is 8.37. The summed E-state index contributed by atoms with van der Waals surface area (Å²) in [5.41, 5.74) is 3.14. The molecule has 23 heavy (non-hydrogen) atoms. The van der Waals surface area contributed by atoms with Crippen LogP contribution in [0.4, 0.5) is 11.5 Å². The summed E-state index contributed by atoms with van der Waals surface area (Å²) in [4.78, 5) is 2.10. The number of nitrogens with zero attached hydrogens (tertiary/aromatic N) is 2. The summed E-state index contributed by atoms with van der Waals surface area (Å²) in [6, 6.07) is 12.0. The van der Waals surface area contributed by atoms with Crippen molar-refractivity contribution in [1.82, 2.24) is 15.1 Å². The molecule has 6 heteroatoms. The van der Waals surface area contributed by atoms with Gasteiger partial charge >= 0.3 is 0 Å². The number of hydrogen-bond acceptors (Lipinski definition) is 5. The average Bonchev–Trinajstić information content (AvgIpc) is 3.19. The largest absolute Gasteiger partial charge is 0.492 e. The molecule has 0 amide bonds. The third-order valence-corrected chi connectivity index (χ3v) is 4.03. The van der Waals surface area contributed by atoms with Crippen LogP contribution in [0.1, 0.15) is 0 Å². The van der Waals surface area contributed by atoms with E-state index < -0.39 is 0 Å². The number of likely N-dealkylation sites (N-methyl/N-ethyl adjacent to an activating group) is 1. The zero-order valence-electron chi connectivity index (χ0n) is 13.2. The van der Waals surface area contributed by atoms with Gasteiger partial charge in [0.05, 0.1) is 5.69 Å². The highest BCUT2D eigenvalue weighted by atomic mass is 32.1. The van der Waals surface area contributed by atoms with Crippen LogP contribution in [0.5, 0.6) is 5.75 Å². The van der Waals surface area contributed by atoms with E-state index >= 15 is 0 Å². The zero-order valence-corrected chi connectivity index (χ0v) is 14.1. The maximum Gasteiger partial charge on any atom is 0.152 e. The molecule has 3 aromatic rings. The molecule has 2 N–H and O–H groups in total. The fourth-order valence-corrected chi connectivity index (χ4v) is 2.74. The molecule has 0 aliphatic carbocycles. The lowest BCUT2D eigenvalue weighted by Gasteiger charge is -2.11. The van der Waals surface area contributed by atoms with E-state index in [2.05, 4.69) is 37.2 Å². The third kappa shape index (κ3) is 4.34. The van der Waals surface area contributed by atoms with Crippen LogP contribution in [0.3, 0.4) is 0 Å². The number of H-pyrrole nitrogens is 1. The number of aromatic nitrogens is 2. The predicted molar refractivity (Wildman–Crippen MR) is 95.7 cm³/mol. The van der Waals surface area contributed by atoms with Crippen LogP contribution < -0.4 is 10.1 Å². The maximum atomic E-state index is 5.69. The van der Waals surface area contributed by atoms with Crippen LogP contribution in [0.25, 0.3) is 11.3 Å². The van der Waals surface area contributed by atoms with Crippen LogP contribution in [0.2, 0.25) is 0 Å². The number of rotatable bonds is 7. The molecule has 0 aliphatic rings. The molecule has 2 aromatic heterocycles. The van der Waals surface area contributed by atoms with Crippen molar-refractivity contribution in [3.63, 3.8) is 0 Å². The summed E-state index contributed by atoms with van der Waals surface area (Å²) < 4.78 is 5.69. The molecular formula is C17H20N4OS. The van der Waals surface area contributed by atoms with E-state index in [-0.39, 0.29) is 0 Å². The number of hydrogen-bond donors (Lipinski definition) is 2. The molecule has 5 nitrogen and oxygen atoms in total. The van der Waals surface area contributed by atoms with Gasteiger partial charge in [-0.15, -0.1) is 0 Å². The van der Waals surface area contributed by atoms with E-state index in [4.69, 9.17) is 4.74 Å². The second-order valence-electron chi connectivity index (χ2n) is 5.48. The fourth-order valence-electron chi connectivity index (χ4n) is 2.08. The molecule has 1 aromatic carbocycles. The molecule has 0 atom stereocenters. The maximum absolute atomic E-state index is 5.69. The Kier molecular flexibility index (Phi) is 4.95. The normalized spacial score (nSPS) is 10.9. The monoisotopic (exact) mass is 328 g/mol. The predicted octanol–water partition coefficient (Wildman–Crippen LogP) is 3.82. The van der Waals surface area contributed by atoms with Crippen molar-refractivity contribution in [2.75, 3.05) is 32.6 Å². The van der Waals surface area contributed by atoms with E-state index in [0.29, 0.717) is 6.61 Å². The van der Waals surface area contributed by atoms with Crippen LogP contribution in [0, 0.1) is 0 Å². The lowest BCUT2D eigenvalue weighted by Crippen LogP contribution is -2.19. The highest BCUT2D eigenvalue weighted by molar-refractivity contribution is 7.08. The number of nitrogens with one attached hydrogen (secondary N) is 2. The highest BCUT2D eigenvalue weighted by Crippen LogP contribution is 2.24. The Morgan fingerprint density at radius 3 is 2.74 bits per heavy atom. The molecule has 0 radical (unpaired) electrons. The van der Waals surface area contributed by atoms with Gasteiger partial charge in [-0.25, -0.2) is 0 Å². The number of ether oxygens (including phenoxy) is 1. The molecule has 0 saturated heterocycles. The van der Waals surface area contributed by atoms with Gasteiger partial charge in [-0.3, -0.25) is 5.10 Å². The Hall–Kier alpha value is -2.31. The molecule has 0 fully saturated rings. The van der Waals surface area contributed by atoms with E-state index in [1.807, 2.05) is 44.4 Å². The van der Waals surface area contributed by atoms with Gasteiger partial charge in [0.1, 0.15) is 12.4 Å². The van der Waals surface area contributed by atoms with Crippen molar-refractivity contribution in [2.45, 2.75) is 0 Å². The minimum atomic E-state index is 0.684. The molecule has 0 spiro atoms. The molecule has 0 aliphatic heterocycles. The van der Waals surface area contributed by atoms with Gasteiger partial charge in [-0.2, -0.15) is 16.4 Å². The Bertz CT molecular complexity index is 719. The smallest absolute Gasteiger partial charge is 0.152 e. The minimum Gasteiger partial charge on any atom is -0.492 e. The summed E-state index contributed by atoms with van der Waals surface area (Å²) in [6.45, 7) is 1.59. The first kappa shape index (κ1) is 15.6. The Morgan fingerprint density at radius 2 is 2.04 bits per heavy atom. The van der Waals surface area contributed by atoms with E-state index in [1.165, 1.54) is 0 Å². The van der Waals surface area contributed by atoms with Gasteiger partial charge in [-0.05, 0) is 49.8 Å². The summed E-state index contributed by atoms with van der Waals surface area (Å²) in [6.07, 6.45) is 0. The lowest BCUT2D eigenvalue weighted by molar-refractivity contribution is 0.261. The molecule has 2 heterocycles. The molecule has 0 bridgehead atoms. The van der Waals surface area contributed by atoms with Crippen molar-refractivity contribution in [3.05, 3.63) is 47.2 Å². The highest BCUT2D eigenvalue weighted by Gasteiger charge is 2.04. The zero-order chi connectivity index (χ0) is 16.1. The van der Waals surface area contributed by atoms with Crippen LogP contribution in [-0.2, 0) is 0 Å². The van der Waals surface area contributed by atoms with E-state index in [9.17, 15) is 0 Å². The SMILES string of the molecule is CN(C)CCOc1ccc(Nc2cc(-c3ccsc3)[nH]n2)cc1. The first-order chi connectivity index (χ1) is 11.2. The standard InChI is InChI=1S/C17H20N4OS/c1-21(2)8-9-22-15-5-3-14(4-6-15)18-17-11-16(19-20-17)13-7-10-23-12-13/h3-7,10-12H,8-9H2,1-2H3,(H2,18,19,20). The van der Waals surface area contributed by atoms with Crippen molar-refractivity contribution < 1.29 is 4.74 Å². The van der Waals surface area contributed by atoms with Crippen molar-refractivity contribution in [1.29, 1.82) is 0 Å². The first-order valence-electron chi connectivity index (χ1n) is 7.43. The topological polar surface area (TPSA) is 53.2 Å². The minimum absolute atomic E-state index is 0.684. The van der Waals surface area contributed by atoms with Gasteiger partial charge in [-0.1, -0.05) is 0 Å². The summed E-state index contributed by atoms with van der Waals surface area (Å²) in [5.74, 6) is 1.67. The van der Waals surface area contributed by atoms with E-state index in [1.54, 1.807) is 11.3 Å². The second-order valence-corrected chi connectivity index (χ2v) is 6.26. The average molecular weight is 328 g/mol. The Balaban J connectivity index is 1.58. The summed E-state index contributed by atoms with van der Waals surface area (Å²) in [7, 11) is 4.06. The van der Waals surface area contributed by atoms with Crippen LogP contribution in [-0.4, -0.2) is 42.3 Å². The summed E-state index contributed by atoms with van der Waals surface area (Å²) >= 11 is 1.67. The van der Waals surface area contributed by atoms with Crippen molar-refractivity contribution >= 4 is 22.8 Å². The molecule has 0 unspecified atom stereocenters. The van der Waals surface area contributed by atoms with Gasteiger partial charge in [0, 0.05) is 29.2 Å². The number of aromatic amines is 1. The number of anilines is 2. The van der Waals surface area contributed by atoms with Gasteiger partial charge in [0.15, 0.2) is 5.82 Å². The van der Waals surface area contributed by atoms with Gasteiger partial charge < -0.3 is 15.0 Å². The van der Waals surface area contributed by atoms with E-state index in [0.717, 1.165) is 35.1 Å². The quantitative estimate of drug-likeness (QED) is 0.692. The number of thiophene rings is 1. The molecular weight excluding hydrogens is 308 g/mol. The third-order valence-electron chi connectivity index (χ3n) is 3.34. The van der Waals surface area contributed by atoms with Crippen LogP contribution in [0.15, 0.2) is 47.2 Å². The molecule has 3 rings (SSSR count). The lowest BCUT2D eigenvalue weighted by atomic mass is 10.2. The molecule has 0 saturated carbocycles. The fraction of sp³-hybridized carbons (Fsp3) is 0.235. The Labute approximate surface area is 139 Å². The van der Waals surface area contributed by atoms with Gasteiger partial charge in [0.2, 0.25) is 0 Å². The number of benzene rings is 1. The van der Waals surface area contributed by atoms with Crippen molar-refractivity contribution in [3.8, 4) is 17.0 Å². The van der Waals surface area contributed by atoms with Crippen molar-refractivity contribution in [2.24, 2.45) is 0 Å². The van der Waals surface area contributed by atoms with Crippen LogP contribution >= 0.6 is 11.3 Å². The second kappa shape index (κ2) is 7.30. The molecule has 120 valence electrons. The Morgan fingerprint density at radius 1 is 1.22 bits per heavy atom. The van der Waals surface area contributed by atoms with Gasteiger partial charge in [0.25, 0.3) is 0 Å².